The van der Waals surface area contributed by atoms with Crippen LogP contribution in [0, 0.1) is 0 Å². The van der Waals surface area contributed by atoms with E-state index in [-0.39, 0.29) is 5.54 Å². The van der Waals surface area contributed by atoms with Crippen LogP contribution >= 0.6 is 0 Å². The fourth-order valence-electron chi connectivity index (χ4n) is 1.84. The molecule has 0 unspecified atom stereocenters. The van der Waals surface area contributed by atoms with Gasteiger partial charge in [0.05, 0.1) is 5.69 Å². The van der Waals surface area contributed by atoms with Crippen molar-refractivity contribution < 1.29 is 0 Å². The molecule has 0 spiro atoms. The third-order valence-electron chi connectivity index (χ3n) is 2.77. The molecule has 2 aromatic rings. The van der Waals surface area contributed by atoms with Crippen LogP contribution in [0.4, 0.5) is 0 Å². The predicted molar refractivity (Wildman–Crippen MR) is 75.2 cm³/mol. The Balaban J connectivity index is 1.94. The van der Waals surface area contributed by atoms with Gasteiger partial charge in [-0.25, -0.2) is 0 Å². The van der Waals surface area contributed by atoms with E-state index in [0.29, 0.717) is 0 Å². The Labute approximate surface area is 114 Å². The van der Waals surface area contributed by atoms with E-state index in [1.807, 2.05) is 30.3 Å². The third-order valence-corrected chi connectivity index (χ3v) is 2.77. The Bertz CT molecular complexity index is 498. The highest BCUT2D eigenvalue weighted by atomic mass is 15.5. The van der Waals surface area contributed by atoms with Gasteiger partial charge in [0.1, 0.15) is 0 Å². The Morgan fingerprint density at radius 1 is 1.16 bits per heavy atom. The van der Waals surface area contributed by atoms with Crippen molar-refractivity contribution >= 4 is 0 Å². The van der Waals surface area contributed by atoms with E-state index >= 15 is 0 Å². The summed E-state index contributed by atoms with van der Waals surface area (Å²) in [6.45, 7) is 7.47. The van der Waals surface area contributed by atoms with Crippen LogP contribution in [0.3, 0.4) is 0 Å². The molecular weight excluding hydrogens is 238 g/mol. The van der Waals surface area contributed by atoms with Crippen molar-refractivity contribution in [1.29, 1.82) is 0 Å². The van der Waals surface area contributed by atoms with Crippen LogP contribution in [0.25, 0.3) is 5.69 Å². The van der Waals surface area contributed by atoms with Crippen LogP contribution in [-0.2, 0) is 6.42 Å². The van der Waals surface area contributed by atoms with Gasteiger partial charge in [-0.1, -0.05) is 18.2 Å². The second-order valence-electron chi connectivity index (χ2n) is 5.62. The zero-order valence-electron chi connectivity index (χ0n) is 11.8. The summed E-state index contributed by atoms with van der Waals surface area (Å²) in [6, 6.07) is 9.98. The number of aromatic nitrogens is 4. The molecule has 5 nitrogen and oxygen atoms in total. The topological polar surface area (TPSA) is 55.6 Å². The fraction of sp³-hybridized carbons (Fsp3) is 0.500. The molecule has 0 saturated carbocycles. The number of nitrogens with zero attached hydrogens (tertiary/aromatic N) is 4. The standard InChI is InChI=1S/C14H21N5/c1-14(2,3)15-11-7-10-13-16-17-18-19(13)12-8-5-4-6-9-12/h4-6,8-9,15H,7,10-11H2,1-3H3. The molecule has 5 heteroatoms. The van der Waals surface area contributed by atoms with Crippen molar-refractivity contribution in [3.8, 4) is 5.69 Å². The van der Waals surface area contributed by atoms with Gasteiger partial charge >= 0.3 is 0 Å². The maximum absolute atomic E-state index is 4.10. The minimum Gasteiger partial charge on any atom is -0.312 e. The van der Waals surface area contributed by atoms with E-state index in [1.54, 1.807) is 4.68 Å². The zero-order valence-corrected chi connectivity index (χ0v) is 11.8. The van der Waals surface area contributed by atoms with Crippen molar-refractivity contribution in [2.75, 3.05) is 6.54 Å². The van der Waals surface area contributed by atoms with E-state index in [4.69, 9.17) is 0 Å². The van der Waals surface area contributed by atoms with Gasteiger partial charge in [-0.2, -0.15) is 4.68 Å². The molecule has 0 atom stereocenters. The molecular formula is C14H21N5. The molecule has 0 bridgehead atoms. The lowest BCUT2D eigenvalue weighted by atomic mass is 10.1. The number of para-hydroxylation sites is 1. The number of nitrogens with one attached hydrogen (secondary N) is 1. The lowest BCUT2D eigenvalue weighted by Gasteiger charge is -2.20. The van der Waals surface area contributed by atoms with Crippen molar-refractivity contribution in [3.63, 3.8) is 0 Å². The van der Waals surface area contributed by atoms with Crippen molar-refractivity contribution in [1.82, 2.24) is 25.5 Å². The van der Waals surface area contributed by atoms with Crippen LogP contribution in [0.1, 0.15) is 33.0 Å². The maximum Gasteiger partial charge on any atom is 0.156 e. The number of hydrogen-bond donors (Lipinski definition) is 1. The quantitative estimate of drug-likeness (QED) is 0.834. The number of hydrogen-bond acceptors (Lipinski definition) is 4. The van der Waals surface area contributed by atoms with E-state index in [1.165, 1.54) is 0 Å². The largest absolute Gasteiger partial charge is 0.312 e. The smallest absolute Gasteiger partial charge is 0.156 e. The van der Waals surface area contributed by atoms with Crippen LogP contribution in [0.2, 0.25) is 0 Å². The van der Waals surface area contributed by atoms with E-state index in [2.05, 4.69) is 41.6 Å². The minimum atomic E-state index is 0.158. The molecule has 0 saturated heterocycles. The zero-order chi connectivity index (χ0) is 13.7. The molecule has 2 rings (SSSR count). The summed E-state index contributed by atoms with van der Waals surface area (Å²) in [5.74, 6) is 0.905. The normalized spacial score (nSPS) is 11.7. The summed E-state index contributed by atoms with van der Waals surface area (Å²) in [7, 11) is 0. The summed E-state index contributed by atoms with van der Waals surface area (Å²) in [5, 5.41) is 15.4. The molecule has 1 aromatic heterocycles. The van der Waals surface area contributed by atoms with Crippen LogP contribution in [0.15, 0.2) is 30.3 Å². The van der Waals surface area contributed by atoms with Crippen LogP contribution < -0.4 is 5.32 Å². The van der Waals surface area contributed by atoms with Gasteiger partial charge in [0.2, 0.25) is 0 Å². The summed E-state index contributed by atoms with van der Waals surface area (Å²) in [6.07, 6.45) is 1.88. The highest BCUT2D eigenvalue weighted by molar-refractivity contribution is 5.30. The van der Waals surface area contributed by atoms with Crippen LogP contribution in [0.5, 0.6) is 0 Å². The van der Waals surface area contributed by atoms with Gasteiger partial charge in [0.25, 0.3) is 0 Å². The minimum absolute atomic E-state index is 0.158. The lowest BCUT2D eigenvalue weighted by Crippen LogP contribution is -2.36. The molecule has 0 aliphatic carbocycles. The summed E-state index contributed by atoms with van der Waals surface area (Å²) < 4.78 is 1.80. The fourth-order valence-corrected chi connectivity index (χ4v) is 1.84. The predicted octanol–water partition coefficient (Wildman–Crippen LogP) is 1.98. The monoisotopic (exact) mass is 259 g/mol. The first-order valence-electron chi connectivity index (χ1n) is 6.64. The summed E-state index contributed by atoms with van der Waals surface area (Å²) in [5.41, 5.74) is 1.16. The van der Waals surface area contributed by atoms with Gasteiger partial charge in [0, 0.05) is 12.0 Å². The number of rotatable bonds is 5. The van der Waals surface area contributed by atoms with Gasteiger partial charge in [-0.15, -0.1) is 5.10 Å². The Morgan fingerprint density at radius 2 is 1.89 bits per heavy atom. The van der Waals surface area contributed by atoms with Gasteiger partial charge in [0.15, 0.2) is 5.82 Å². The lowest BCUT2D eigenvalue weighted by molar-refractivity contribution is 0.421. The summed E-state index contributed by atoms with van der Waals surface area (Å²) in [4.78, 5) is 0. The maximum atomic E-state index is 4.10. The second-order valence-corrected chi connectivity index (χ2v) is 5.62. The number of tetrazole rings is 1. The highest BCUT2D eigenvalue weighted by Crippen LogP contribution is 2.08. The van der Waals surface area contributed by atoms with Gasteiger partial charge in [-0.3, -0.25) is 0 Å². The molecule has 102 valence electrons. The molecule has 1 N–H and O–H groups in total. The van der Waals surface area contributed by atoms with E-state index in [9.17, 15) is 0 Å². The van der Waals surface area contributed by atoms with E-state index < -0.39 is 0 Å². The molecule has 0 fully saturated rings. The highest BCUT2D eigenvalue weighted by Gasteiger charge is 2.10. The Kier molecular flexibility index (Phi) is 4.27. The van der Waals surface area contributed by atoms with Gasteiger partial charge in [-0.05, 0) is 56.3 Å². The third kappa shape index (κ3) is 4.13. The molecule has 0 aliphatic heterocycles. The number of benzene rings is 1. The Morgan fingerprint density at radius 3 is 2.58 bits per heavy atom. The second kappa shape index (κ2) is 5.93. The molecule has 19 heavy (non-hydrogen) atoms. The van der Waals surface area contributed by atoms with Crippen molar-refractivity contribution in [2.24, 2.45) is 0 Å². The van der Waals surface area contributed by atoms with Crippen LogP contribution in [-0.4, -0.2) is 32.3 Å². The average Bonchev–Trinajstić information content (AvgIpc) is 2.83. The van der Waals surface area contributed by atoms with E-state index in [0.717, 1.165) is 30.9 Å². The summed E-state index contributed by atoms with van der Waals surface area (Å²) >= 11 is 0. The molecule has 1 aromatic carbocycles. The first-order chi connectivity index (χ1) is 9.06. The van der Waals surface area contributed by atoms with Crippen molar-refractivity contribution in [2.45, 2.75) is 39.2 Å². The molecule has 0 radical (unpaired) electrons. The average molecular weight is 259 g/mol. The number of aryl methyl sites for hydroxylation is 1. The first kappa shape index (κ1) is 13.7. The van der Waals surface area contributed by atoms with Gasteiger partial charge < -0.3 is 5.32 Å². The SMILES string of the molecule is CC(C)(C)NCCCc1nnnn1-c1ccccc1. The Hall–Kier alpha value is -1.75. The first-order valence-corrected chi connectivity index (χ1v) is 6.64. The molecule has 0 amide bonds. The molecule has 1 heterocycles. The van der Waals surface area contributed by atoms with Crippen molar-refractivity contribution in [3.05, 3.63) is 36.2 Å². The molecule has 0 aliphatic rings.